The fraction of sp³-hybridized carbons (Fsp3) is 0.857. The van der Waals surface area contributed by atoms with Gasteiger partial charge in [0.25, 0.3) is 0 Å². The number of hydrogen-bond acceptors (Lipinski definition) is 8. The van der Waals surface area contributed by atoms with Crippen molar-refractivity contribution < 1.29 is 38.7 Å². The lowest BCUT2D eigenvalue weighted by atomic mass is 10.2. The Morgan fingerprint density at radius 3 is 1.18 bits per heavy atom. The van der Waals surface area contributed by atoms with E-state index < -0.39 is 12.3 Å². The summed E-state index contributed by atoms with van der Waals surface area (Å²) in [6, 6.07) is 0. The van der Waals surface area contributed by atoms with Crippen molar-refractivity contribution in [3.05, 3.63) is 0 Å². The van der Waals surface area contributed by atoms with Crippen molar-refractivity contribution in [1.29, 1.82) is 0 Å². The zero-order chi connectivity index (χ0) is 16.5. The summed E-state index contributed by atoms with van der Waals surface area (Å²) < 4.78 is 19.0. The van der Waals surface area contributed by atoms with Crippen molar-refractivity contribution in [2.75, 3.05) is 39.6 Å². The molecule has 0 aliphatic carbocycles. The molecule has 0 atom stereocenters. The van der Waals surface area contributed by atoms with Crippen LogP contribution in [0.1, 0.15) is 38.5 Å². The third kappa shape index (κ3) is 14.9. The summed E-state index contributed by atoms with van der Waals surface area (Å²) in [5.74, 6) is 0. The molecule has 8 heteroatoms. The van der Waals surface area contributed by atoms with E-state index in [1.165, 1.54) is 0 Å². The van der Waals surface area contributed by atoms with Gasteiger partial charge in [-0.25, -0.2) is 9.59 Å². The molecule has 0 fully saturated rings. The van der Waals surface area contributed by atoms with Crippen molar-refractivity contribution in [2.24, 2.45) is 0 Å². The zero-order valence-corrected chi connectivity index (χ0v) is 12.8. The molecule has 0 bridgehead atoms. The molecule has 0 radical (unpaired) electrons. The molecule has 0 spiro atoms. The maximum atomic E-state index is 11.0. The Morgan fingerprint density at radius 2 is 0.864 bits per heavy atom. The number of rotatable bonds is 13. The Balaban J connectivity index is 3.23. The molecule has 0 amide bonds. The van der Waals surface area contributed by atoms with Crippen LogP contribution in [0, 0.1) is 0 Å². The lowest BCUT2D eigenvalue weighted by Gasteiger charge is -2.06. The van der Waals surface area contributed by atoms with Gasteiger partial charge in [-0.1, -0.05) is 0 Å². The van der Waals surface area contributed by atoms with Gasteiger partial charge in [0.05, 0.1) is 26.4 Å². The highest BCUT2D eigenvalue weighted by Gasteiger charge is 2.04. The molecule has 0 saturated carbocycles. The van der Waals surface area contributed by atoms with Gasteiger partial charge in [0.15, 0.2) is 0 Å². The molecule has 0 rings (SSSR count). The number of ether oxygens (including phenoxy) is 4. The molecule has 0 aromatic rings. The van der Waals surface area contributed by atoms with E-state index in [1.54, 1.807) is 0 Å². The van der Waals surface area contributed by atoms with Gasteiger partial charge < -0.3 is 29.2 Å². The molecule has 0 heterocycles. The number of aliphatic hydroxyl groups excluding tert-OH is 2. The second-order valence-corrected chi connectivity index (χ2v) is 4.46. The number of hydrogen-bond donors (Lipinski definition) is 2. The standard InChI is InChI=1S/C14H26O8/c15-7-5-11-21-13(17)19-9-3-1-2-4-10-20-14(18)22-12-6-8-16/h15-16H,1-12H2. The van der Waals surface area contributed by atoms with Crippen molar-refractivity contribution >= 4 is 12.3 Å². The molecule has 0 aromatic carbocycles. The van der Waals surface area contributed by atoms with Gasteiger partial charge in [-0.05, 0) is 25.7 Å². The molecular formula is C14H26O8. The van der Waals surface area contributed by atoms with Gasteiger partial charge in [-0.15, -0.1) is 0 Å². The maximum absolute atomic E-state index is 11.0. The lowest BCUT2D eigenvalue weighted by Crippen LogP contribution is -2.11. The first-order valence-corrected chi connectivity index (χ1v) is 7.51. The van der Waals surface area contributed by atoms with Crippen molar-refractivity contribution in [3.63, 3.8) is 0 Å². The van der Waals surface area contributed by atoms with Crippen LogP contribution in [-0.2, 0) is 18.9 Å². The number of carbonyl (C=O) groups is 2. The van der Waals surface area contributed by atoms with E-state index >= 15 is 0 Å². The highest BCUT2D eigenvalue weighted by Crippen LogP contribution is 2.02. The third-order valence-corrected chi connectivity index (χ3v) is 2.52. The summed E-state index contributed by atoms with van der Waals surface area (Å²) in [5.41, 5.74) is 0. The zero-order valence-electron chi connectivity index (χ0n) is 12.8. The van der Waals surface area contributed by atoms with Crippen LogP contribution in [0.5, 0.6) is 0 Å². The first-order valence-electron chi connectivity index (χ1n) is 7.51. The van der Waals surface area contributed by atoms with Gasteiger partial charge in [0.2, 0.25) is 0 Å². The highest BCUT2D eigenvalue weighted by molar-refractivity contribution is 5.60. The van der Waals surface area contributed by atoms with Crippen molar-refractivity contribution in [1.82, 2.24) is 0 Å². The fourth-order valence-corrected chi connectivity index (χ4v) is 1.39. The van der Waals surface area contributed by atoms with Crippen molar-refractivity contribution in [2.45, 2.75) is 38.5 Å². The Bertz CT molecular complexity index is 254. The molecule has 2 N–H and O–H groups in total. The largest absolute Gasteiger partial charge is 0.508 e. The molecule has 8 nitrogen and oxygen atoms in total. The first kappa shape index (κ1) is 20.5. The molecular weight excluding hydrogens is 296 g/mol. The number of unbranched alkanes of at least 4 members (excludes halogenated alkanes) is 3. The van der Waals surface area contributed by atoms with E-state index in [9.17, 15) is 9.59 Å². The predicted octanol–water partition coefficient (Wildman–Crippen LogP) is 1.62. The van der Waals surface area contributed by atoms with E-state index in [-0.39, 0.29) is 39.6 Å². The third-order valence-electron chi connectivity index (χ3n) is 2.52. The van der Waals surface area contributed by atoms with E-state index in [1.807, 2.05) is 0 Å². The van der Waals surface area contributed by atoms with E-state index in [0.29, 0.717) is 25.7 Å². The Hall–Kier alpha value is -1.54. The van der Waals surface area contributed by atoms with Crippen molar-refractivity contribution in [3.8, 4) is 0 Å². The van der Waals surface area contributed by atoms with Crippen LogP contribution in [-0.4, -0.2) is 62.2 Å². The summed E-state index contributed by atoms with van der Waals surface area (Å²) in [4.78, 5) is 22.0. The lowest BCUT2D eigenvalue weighted by molar-refractivity contribution is 0.0467. The molecule has 0 unspecified atom stereocenters. The number of carbonyl (C=O) groups excluding carboxylic acids is 2. The van der Waals surface area contributed by atoms with Crippen LogP contribution < -0.4 is 0 Å². The van der Waals surface area contributed by atoms with E-state index in [2.05, 4.69) is 9.47 Å². The summed E-state index contributed by atoms with van der Waals surface area (Å²) >= 11 is 0. The average molecular weight is 322 g/mol. The Labute approximate surface area is 130 Å². The second-order valence-electron chi connectivity index (χ2n) is 4.46. The van der Waals surface area contributed by atoms with Gasteiger partial charge in [0, 0.05) is 26.1 Å². The van der Waals surface area contributed by atoms with Crippen LogP contribution in [0.3, 0.4) is 0 Å². The summed E-state index contributed by atoms with van der Waals surface area (Å²) in [6.07, 6.45) is 2.45. The molecule has 0 aromatic heterocycles. The smallest absolute Gasteiger partial charge is 0.434 e. The average Bonchev–Trinajstić information content (AvgIpc) is 2.50. The minimum absolute atomic E-state index is 0.0235. The van der Waals surface area contributed by atoms with Crippen LogP contribution in [0.15, 0.2) is 0 Å². The first-order chi connectivity index (χ1) is 10.7. The van der Waals surface area contributed by atoms with Gasteiger partial charge in [-0.2, -0.15) is 0 Å². The van der Waals surface area contributed by atoms with Gasteiger partial charge in [-0.3, -0.25) is 0 Å². The summed E-state index contributed by atoms with van der Waals surface area (Å²) in [5, 5.41) is 17.0. The predicted molar refractivity (Wildman–Crippen MR) is 76.5 cm³/mol. The summed E-state index contributed by atoms with van der Waals surface area (Å²) in [7, 11) is 0. The van der Waals surface area contributed by atoms with Crippen LogP contribution in [0.25, 0.3) is 0 Å². The van der Waals surface area contributed by atoms with Crippen LogP contribution >= 0.6 is 0 Å². The van der Waals surface area contributed by atoms with E-state index in [0.717, 1.165) is 12.8 Å². The molecule has 130 valence electrons. The SMILES string of the molecule is O=C(OCCCO)OCCCCCCOC(=O)OCCCO. The highest BCUT2D eigenvalue weighted by atomic mass is 16.7. The quantitative estimate of drug-likeness (QED) is 0.388. The van der Waals surface area contributed by atoms with Gasteiger partial charge >= 0.3 is 12.3 Å². The second kappa shape index (κ2) is 15.8. The minimum Gasteiger partial charge on any atom is -0.434 e. The Morgan fingerprint density at radius 1 is 0.545 bits per heavy atom. The molecule has 0 aliphatic heterocycles. The maximum Gasteiger partial charge on any atom is 0.508 e. The van der Waals surface area contributed by atoms with Crippen LogP contribution in [0.2, 0.25) is 0 Å². The normalized spacial score (nSPS) is 10.1. The Kier molecular flexibility index (Phi) is 14.7. The fourth-order valence-electron chi connectivity index (χ4n) is 1.39. The summed E-state index contributed by atoms with van der Waals surface area (Å²) in [6.45, 7) is 0.820. The van der Waals surface area contributed by atoms with Gasteiger partial charge in [0.1, 0.15) is 0 Å². The molecule has 0 saturated heterocycles. The number of aliphatic hydroxyl groups is 2. The molecule has 0 aliphatic rings. The topological polar surface area (TPSA) is 112 Å². The van der Waals surface area contributed by atoms with Crippen LogP contribution in [0.4, 0.5) is 9.59 Å². The monoisotopic (exact) mass is 322 g/mol. The minimum atomic E-state index is -0.720. The van der Waals surface area contributed by atoms with E-state index in [4.69, 9.17) is 19.7 Å². The molecule has 22 heavy (non-hydrogen) atoms.